The lowest BCUT2D eigenvalue weighted by Gasteiger charge is -2.10. The standard InChI is InChI=1S/C14H17N3/c1-17-14-9-5-4-8-12(14)13(16-17)10-15-11-6-2-3-7-11/h2-5,8-9,11,15H,6-7,10H2,1H3. The molecule has 1 N–H and O–H groups in total. The first-order valence-corrected chi connectivity index (χ1v) is 6.13. The molecule has 0 fully saturated rings. The van der Waals surface area contributed by atoms with E-state index >= 15 is 0 Å². The molecule has 1 aliphatic carbocycles. The lowest BCUT2D eigenvalue weighted by molar-refractivity contribution is 0.531. The number of rotatable bonds is 3. The van der Waals surface area contributed by atoms with Gasteiger partial charge in [-0.1, -0.05) is 30.4 Å². The van der Waals surface area contributed by atoms with Gasteiger partial charge < -0.3 is 5.32 Å². The van der Waals surface area contributed by atoms with Crippen molar-refractivity contribution < 1.29 is 0 Å². The number of hydrogen-bond acceptors (Lipinski definition) is 2. The van der Waals surface area contributed by atoms with E-state index in [4.69, 9.17) is 0 Å². The average molecular weight is 227 g/mol. The van der Waals surface area contributed by atoms with Crippen molar-refractivity contribution in [3.8, 4) is 0 Å². The maximum atomic E-state index is 4.58. The molecule has 0 radical (unpaired) electrons. The first-order valence-electron chi connectivity index (χ1n) is 6.13. The molecule has 3 rings (SSSR count). The number of para-hydroxylation sites is 1. The van der Waals surface area contributed by atoms with Crippen molar-refractivity contribution in [1.29, 1.82) is 0 Å². The molecule has 0 bridgehead atoms. The Balaban J connectivity index is 1.80. The van der Waals surface area contributed by atoms with Crippen LogP contribution in [0.2, 0.25) is 0 Å². The lowest BCUT2D eigenvalue weighted by atomic mass is 10.2. The summed E-state index contributed by atoms with van der Waals surface area (Å²) in [5.41, 5.74) is 2.35. The van der Waals surface area contributed by atoms with Gasteiger partial charge in [-0.15, -0.1) is 0 Å². The summed E-state index contributed by atoms with van der Waals surface area (Å²) in [6.45, 7) is 0.855. The van der Waals surface area contributed by atoms with Crippen molar-refractivity contribution in [3.63, 3.8) is 0 Å². The normalized spacial score (nSPS) is 16.1. The Labute approximate surface area is 101 Å². The molecule has 0 saturated carbocycles. The van der Waals surface area contributed by atoms with Gasteiger partial charge in [0, 0.05) is 25.0 Å². The van der Waals surface area contributed by atoms with Crippen LogP contribution in [0.5, 0.6) is 0 Å². The Morgan fingerprint density at radius 2 is 2.06 bits per heavy atom. The third kappa shape index (κ3) is 1.98. The number of nitrogens with one attached hydrogen (secondary N) is 1. The van der Waals surface area contributed by atoms with Crippen LogP contribution in [0.3, 0.4) is 0 Å². The molecule has 2 aromatic rings. The van der Waals surface area contributed by atoms with Crippen molar-refractivity contribution in [1.82, 2.24) is 15.1 Å². The maximum Gasteiger partial charge on any atom is 0.0841 e. The van der Waals surface area contributed by atoms with Gasteiger partial charge in [-0.3, -0.25) is 4.68 Å². The SMILES string of the molecule is Cn1nc(CNC2CC=CC2)c2ccccc21. The highest BCUT2D eigenvalue weighted by Gasteiger charge is 2.12. The molecule has 0 amide bonds. The van der Waals surface area contributed by atoms with E-state index in [2.05, 4.69) is 46.8 Å². The van der Waals surface area contributed by atoms with Gasteiger partial charge in [0.25, 0.3) is 0 Å². The lowest BCUT2D eigenvalue weighted by Crippen LogP contribution is -2.25. The van der Waals surface area contributed by atoms with Crippen LogP contribution in [-0.2, 0) is 13.6 Å². The second-order valence-electron chi connectivity index (χ2n) is 4.61. The molecular weight excluding hydrogens is 210 g/mol. The minimum absolute atomic E-state index is 0.593. The largest absolute Gasteiger partial charge is 0.308 e. The molecule has 0 saturated heterocycles. The Bertz CT molecular complexity index is 546. The summed E-state index contributed by atoms with van der Waals surface area (Å²) in [7, 11) is 2.00. The van der Waals surface area contributed by atoms with Gasteiger partial charge in [0.05, 0.1) is 11.2 Å². The summed E-state index contributed by atoms with van der Waals surface area (Å²) in [4.78, 5) is 0. The number of benzene rings is 1. The second-order valence-corrected chi connectivity index (χ2v) is 4.61. The smallest absolute Gasteiger partial charge is 0.0841 e. The van der Waals surface area contributed by atoms with Crippen LogP contribution in [0.1, 0.15) is 18.5 Å². The molecule has 88 valence electrons. The van der Waals surface area contributed by atoms with E-state index in [0.717, 1.165) is 25.1 Å². The van der Waals surface area contributed by atoms with Gasteiger partial charge in [0.1, 0.15) is 0 Å². The van der Waals surface area contributed by atoms with E-state index in [0.29, 0.717) is 6.04 Å². The molecule has 1 aromatic heterocycles. The van der Waals surface area contributed by atoms with Gasteiger partial charge in [0.15, 0.2) is 0 Å². The van der Waals surface area contributed by atoms with Crippen molar-refractivity contribution in [2.45, 2.75) is 25.4 Å². The van der Waals surface area contributed by atoms with E-state index in [1.807, 2.05) is 11.7 Å². The fraction of sp³-hybridized carbons (Fsp3) is 0.357. The van der Waals surface area contributed by atoms with E-state index in [9.17, 15) is 0 Å². The minimum Gasteiger partial charge on any atom is -0.308 e. The molecule has 1 aliphatic rings. The zero-order valence-corrected chi connectivity index (χ0v) is 10.1. The molecule has 0 unspecified atom stereocenters. The zero-order valence-electron chi connectivity index (χ0n) is 10.1. The number of hydrogen-bond donors (Lipinski definition) is 1. The number of fused-ring (bicyclic) bond motifs is 1. The molecule has 17 heavy (non-hydrogen) atoms. The molecule has 1 aromatic carbocycles. The highest BCUT2D eigenvalue weighted by molar-refractivity contribution is 5.81. The Kier molecular flexibility index (Phi) is 2.69. The van der Waals surface area contributed by atoms with Crippen LogP contribution in [-0.4, -0.2) is 15.8 Å². The minimum atomic E-state index is 0.593. The number of nitrogens with zero attached hydrogens (tertiary/aromatic N) is 2. The van der Waals surface area contributed by atoms with Gasteiger partial charge >= 0.3 is 0 Å². The van der Waals surface area contributed by atoms with Crippen molar-refractivity contribution in [2.75, 3.05) is 0 Å². The van der Waals surface area contributed by atoms with Crippen LogP contribution >= 0.6 is 0 Å². The van der Waals surface area contributed by atoms with Gasteiger partial charge in [0.2, 0.25) is 0 Å². The quantitative estimate of drug-likeness (QED) is 0.816. The number of aryl methyl sites for hydroxylation is 1. The van der Waals surface area contributed by atoms with E-state index in [1.165, 1.54) is 10.9 Å². The topological polar surface area (TPSA) is 29.9 Å². The van der Waals surface area contributed by atoms with Gasteiger partial charge in [-0.2, -0.15) is 5.10 Å². The van der Waals surface area contributed by atoms with E-state index < -0.39 is 0 Å². The monoisotopic (exact) mass is 227 g/mol. The highest BCUT2D eigenvalue weighted by Crippen LogP contribution is 2.18. The molecule has 3 nitrogen and oxygen atoms in total. The maximum absolute atomic E-state index is 4.58. The van der Waals surface area contributed by atoms with Crippen LogP contribution in [0.15, 0.2) is 36.4 Å². The average Bonchev–Trinajstić information content (AvgIpc) is 2.96. The summed E-state index contributed by atoms with van der Waals surface area (Å²) >= 11 is 0. The molecular formula is C14H17N3. The van der Waals surface area contributed by atoms with Gasteiger partial charge in [-0.05, 0) is 18.9 Å². The third-order valence-corrected chi connectivity index (χ3v) is 3.40. The predicted molar refractivity (Wildman–Crippen MR) is 69.7 cm³/mol. The van der Waals surface area contributed by atoms with E-state index in [1.54, 1.807) is 0 Å². The molecule has 1 heterocycles. The summed E-state index contributed by atoms with van der Waals surface area (Å²) in [5.74, 6) is 0. The molecule has 0 spiro atoms. The fourth-order valence-electron chi connectivity index (χ4n) is 2.44. The van der Waals surface area contributed by atoms with Crippen molar-refractivity contribution in [3.05, 3.63) is 42.1 Å². The molecule has 0 atom stereocenters. The third-order valence-electron chi connectivity index (χ3n) is 3.40. The molecule has 3 heteroatoms. The van der Waals surface area contributed by atoms with Crippen LogP contribution < -0.4 is 5.32 Å². The summed E-state index contributed by atoms with van der Waals surface area (Å²) in [6.07, 6.45) is 6.78. The predicted octanol–water partition coefficient (Wildman–Crippen LogP) is 2.38. The highest BCUT2D eigenvalue weighted by atomic mass is 15.3. The summed E-state index contributed by atoms with van der Waals surface area (Å²) < 4.78 is 1.96. The number of aromatic nitrogens is 2. The first kappa shape index (κ1) is 10.5. The summed E-state index contributed by atoms with van der Waals surface area (Å²) in [6, 6.07) is 8.98. The Hall–Kier alpha value is -1.61. The van der Waals surface area contributed by atoms with Crippen molar-refractivity contribution >= 4 is 10.9 Å². The second kappa shape index (κ2) is 4.34. The van der Waals surface area contributed by atoms with Crippen molar-refractivity contribution in [2.24, 2.45) is 7.05 Å². The fourth-order valence-corrected chi connectivity index (χ4v) is 2.44. The van der Waals surface area contributed by atoms with Crippen LogP contribution in [0.4, 0.5) is 0 Å². The van der Waals surface area contributed by atoms with Gasteiger partial charge in [-0.25, -0.2) is 0 Å². The molecule has 0 aliphatic heterocycles. The van der Waals surface area contributed by atoms with Crippen LogP contribution in [0.25, 0.3) is 10.9 Å². The summed E-state index contributed by atoms with van der Waals surface area (Å²) in [5, 5.41) is 9.41. The Morgan fingerprint density at radius 1 is 1.29 bits per heavy atom. The Morgan fingerprint density at radius 3 is 2.88 bits per heavy atom. The van der Waals surface area contributed by atoms with Crippen LogP contribution in [0, 0.1) is 0 Å². The van der Waals surface area contributed by atoms with E-state index in [-0.39, 0.29) is 0 Å². The zero-order chi connectivity index (χ0) is 11.7. The first-order chi connectivity index (χ1) is 8.34.